The monoisotopic (exact) mass is 271 g/mol. The van der Waals surface area contributed by atoms with Crippen LogP contribution in [0.1, 0.15) is 12.0 Å². The summed E-state index contributed by atoms with van der Waals surface area (Å²) >= 11 is 5.75. The fraction of sp³-hybridized carbons (Fsp3) is 0.333. The van der Waals surface area contributed by atoms with Gasteiger partial charge in [-0.3, -0.25) is 14.5 Å². The van der Waals surface area contributed by atoms with E-state index in [4.69, 9.17) is 21.8 Å². The summed E-state index contributed by atoms with van der Waals surface area (Å²) in [7, 11) is 0. The molecule has 18 heavy (non-hydrogen) atoms. The minimum absolute atomic E-state index is 0.0825. The first kappa shape index (κ1) is 14.5. The van der Waals surface area contributed by atoms with E-state index in [1.807, 2.05) is 0 Å². The quantitative estimate of drug-likeness (QED) is 0.789. The topological polar surface area (TPSA) is 77.8 Å². The zero-order chi connectivity index (χ0) is 13.5. The van der Waals surface area contributed by atoms with Gasteiger partial charge in [0.15, 0.2) is 0 Å². The molecular formula is C12H14ClNO4. The number of carbonyl (C=O) groups is 2. The highest BCUT2D eigenvalue weighted by molar-refractivity contribution is 6.30. The van der Waals surface area contributed by atoms with Crippen LogP contribution in [0.2, 0.25) is 5.02 Å². The summed E-state index contributed by atoms with van der Waals surface area (Å²) in [6.07, 6.45) is -0.0825. The van der Waals surface area contributed by atoms with Gasteiger partial charge in [0.05, 0.1) is 13.0 Å². The van der Waals surface area contributed by atoms with E-state index >= 15 is 0 Å². The minimum Gasteiger partial charge on any atom is -0.481 e. The first-order chi connectivity index (χ1) is 8.47. The van der Waals surface area contributed by atoms with Crippen LogP contribution < -0.4 is 0 Å². The first-order valence-corrected chi connectivity index (χ1v) is 5.75. The van der Waals surface area contributed by atoms with Gasteiger partial charge in [0.25, 0.3) is 0 Å². The van der Waals surface area contributed by atoms with Crippen LogP contribution in [0.25, 0.3) is 0 Å². The second kappa shape index (κ2) is 6.98. The van der Waals surface area contributed by atoms with E-state index in [0.717, 1.165) is 5.56 Å². The first-order valence-electron chi connectivity index (χ1n) is 5.38. The summed E-state index contributed by atoms with van der Waals surface area (Å²) < 4.78 is 0. The Hall–Kier alpha value is -1.59. The Morgan fingerprint density at radius 3 is 2.22 bits per heavy atom. The van der Waals surface area contributed by atoms with Crippen molar-refractivity contribution in [3.05, 3.63) is 34.9 Å². The molecule has 2 N–H and O–H groups in total. The van der Waals surface area contributed by atoms with Crippen molar-refractivity contribution < 1.29 is 19.8 Å². The molecule has 1 rings (SSSR count). The normalized spacial score (nSPS) is 10.6. The van der Waals surface area contributed by atoms with Crippen LogP contribution >= 0.6 is 11.6 Å². The molecule has 0 aromatic heterocycles. The Labute approximate surface area is 110 Å². The Morgan fingerprint density at radius 1 is 1.11 bits per heavy atom. The van der Waals surface area contributed by atoms with E-state index in [9.17, 15) is 9.59 Å². The molecule has 5 nitrogen and oxygen atoms in total. The summed E-state index contributed by atoms with van der Waals surface area (Å²) in [5, 5.41) is 18.0. The molecule has 0 spiro atoms. The van der Waals surface area contributed by atoms with Crippen LogP contribution in [0.15, 0.2) is 24.3 Å². The van der Waals surface area contributed by atoms with Gasteiger partial charge in [0, 0.05) is 18.1 Å². The highest BCUT2D eigenvalue weighted by Gasteiger charge is 2.11. The number of carboxylic acids is 2. The molecule has 0 saturated heterocycles. The van der Waals surface area contributed by atoms with Crippen LogP contribution in [0.4, 0.5) is 0 Å². The third-order valence-corrected chi connectivity index (χ3v) is 2.57. The maximum Gasteiger partial charge on any atom is 0.317 e. The van der Waals surface area contributed by atoms with Crippen molar-refractivity contribution in [2.45, 2.75) is 13.0 Å². The Balaban J connectivity index is 2.61. The van der Waals surface area contributed by atoms with Gasteiger partial charge in [-0.15, -0.1) is 0 Å². The molecule has 0 unspecified atom stereocenters. The lowest BCUT2D eigenvalue weighted by Crippen LogP contribution is -2.31. The van der Waals surface area contributed by atoms with E-state index in [1.54, 1.807) is 29.2 Å². The molecule has 0 amide bonds. The van der Waals surface area contributed by atoms with Gasteiger partial charge in [-0.2, -0.15) is 0 Å². The molecule has 0 aliphatic heterocycles. The molecule has 0 saturated carbocycles. The van der Waals surface area contributed by atoms with E-state index in [2.05, 4.69) is 0 Å². The second-order valence-corrected chi connectivity index (χ2v) is 4.31. The predicted molar refractivity (Wildman–Crippen MR) is 66.6 cm³/mol. The molecule has 0 heterocycles. The number of halogens is 1. The lowest BCUT2D eigenvalue weighted by molar-refractivity contribution is -0.141. The van der Waals surface area contributed by atoms with Gasteiger partial charge in [-0.05, 0) is 17.7 Å². The number of aliphatic carboxylic acids is 2. The zero-order valence-electron chi connectivity index (χ0n) is 9.67. The van der Waals surface area contributed by atoms with Crippen LogP contribution in [0.3, 0.4) is 0 Å². The molecule has 1 aromatic carbocycles. The standard InChI is InChI=1S/C12H14ClNO4/c13-10-3-1-9(2-4-10)7-14(8-12(17)18)6-5-11(15)16/h1-4H,5-8H2,(H,15,16)(H,17,18). The smallest absolute Gasteiger partial charge is 0.317 e. The van der Waals surface area contributed by atoms with Crippen LogP contribution in [-0.2, 0) is 16.1 Å². The summed E-state index contributed by atoms with van der Waals surface area (Å²) in [6, 6.07) is 7.01. The van der Waals surface area contributed by atoms with Crippen molar-refractivity contribution in [3.8, 4) is 0 Å². The fourth-order valence-corrected chi connectivity index (χ4v) is 1.63. The third kappa shape index (κ3) is 5.65. The summed E-state index contributed by atoms with van der Waals surface area (Å²) in [4.78, 5) is 22.8. The Kier molecular flexibility index (Phi) is 5.61. The highest BCUT2D eigenvalue weighted by atomic mass is 35.5. The molecular weight excluding hydrogens is 258 g/mol. The van der Waals surface area contributed by atoms with Crippen molar-refractivity contribution in [1.82, 2.24) is 4.90 Å². The van der Waals surface area contributed by atoms with Crippen LogP contribution in [0, 0.1) is 0 Å². The van der Waals surface area contributed by atoms with Gasteiger partial charge < -0.3 is 10.2 Å². The van der Waals surface area contributed by atoms with Crippen molar-refractivity contribution in [2.24, 2.45) is 0 Å². The Morgan fingerprint density at radius 2 is 1.72 bits per heavy atom. The van der Waals surface area contributed by atoms with E-state index in [-0.39, 0.29) is 19.5 Å². The maximum absolute atomic E-state index is 10.7. The van der Waals surface area contributed by atoms with Crippen molar-refractivity contribution in [2.75, 3.05) is 13.1 Å². The third-order valence-electron chi connectivity index (χ3n) is 2.32. The number of nitrogens with zero attached hydrogens (tertiary/aromatic N) is 1. The number of carboxylic acid groups (broad SMARTS) is 2. The van der Waals surface area contributed by atoms with E-state index in [0.29, 0.717) is 11.6 Å². The molecule has 0 aliphatic carbocycles. The van der Waals surface area contributed by atoms with Crippen molar-refractivity contribution in [1.29, 1.82) is 0 Å². The molecule has 0 radical (unpaired) electrons. The maximum atomic E-state index is 10.7. The van der Waals surface area contributed by atoms with Crippen molar-refractivity contribution >= 4 is 23.5 Å². The molecule has 98 valence electrons. The molecule has 0 atom stereocenters. The molecule has 0 bridgehead atoms. The SMILES string of the molecule is O=C(O)CCN(CC(=O)O)Cc1ccc(Cl)cc1. The summed E-state index contributed by atoms with van der Waals surface area (Å²) in [5.41, 5.74) is 0.894. The van der Waals surface area contributed by atoms with Crippen LogP contribution in [0.5, 0.6) is 0 Å². The average molecular weight is 272 g/mol. The van der Waals surface area contributed by atoms with Crippen LogP contribution in [-0.4, -0.2) is 40.1 Å². The largest absolute Gasteiger partial charge is 0.481 e. The number of hydrogen-bond acceptors (Lipinski definition) is 3. The van der Waals surface area contributed by atoms with E-state index < -0.39 is 11.9 Å². The molecule has 0 fully saturated rings. The molecule has 6 heteroatoms. The van der Waals surface area contributed by atoms with Gasteiger partial charge in [0.1, 0.15) is 0 Å². The van der Waals surface area contributed by atoms with E-state index in [1.165, 1.54) is 0 Å². The number of benzene rings is 1. The fourth-order valence-electron chi connectivity index (χ4n) is 1.51. The average Bonchev–Trinajstić information content (AvgIpc) is 2.28. The predicted octanol–water partition coefficient (Wildman–Crippen LogP) is 1.70. The summed E-state index contributed by atoms with van der Waals surface area (Å²) in [6.45, 7) is 0.400. The second-order valence-electron chi connectivity index (χ2n) is 3.87. The number of rotatable bonds is 7. The lowest BCUT2D eigenvalue weighted by Gasteiger charge is -2.19. The van der Waals surface area contributed by atoms with Gasteiger partial charge >= 0.3 is 11.9 Å². The Bertz CT molecular complexity index is 419. The highest BCUT2D eigenvalue weighted by Crippen LogP contribution is 2.11. The minimum atomic E-state index is -0.977. The van der Waals surface area contributed by atoms with Gasteiger partial charge in [-0.25, -0.2) is 0 Å². The zero-order valence-corrected chi connectivity index (χ0v) is 10.4. The van der Waals surface area contributed by atoms with Gasteiger partial charge in [0.2, 0.25) is 0 Å². The molecule has 1 aromatic rings. The lowest BCUT2D eigenvalue weighted by atomic mass is 10.2. The molecule has 0 aliphatic rings. The van der Waals surface area contributed by atoms with Gasteiger partial charge in [-0.1, -0.05) is 23.7 Å². The number of hydrogen-bond donors (Lipinski definition) is 2. The summed E-state index contributed by atoms with van der Waals surface area (Å²) in [5.74, 6) is -1.92. The van der Waals surface area contributed by atoms with Crippen molar-refractivity contribution in [3.63, 3.8) is 0 Å².